The first-order valence-electron chi connectivity index (χ1n) is 9.61. The molecule has 0 fully saturated rings. The van der Waals surface area contributed by atoms with E-state index in [9.17, 15) is 14.0 Å². The van der Waals surface area contributed by atoms with Crippen LogP contribution in [0.2, 0.25) is 0 Å². The Morgan fingerprint density at radius 2 is 1.87 bits per heavy atom. The molecule has 0 saturated heterocycles. The number of benzene rings is 2. The summed E-state index contributed by atoms with van der Waals surface area (Å²) in [5.74, 6) is -1.08. The van der Waals surface area contributed by atoms with Gasteiger partial charge in [-0.15, -0.1) is 0 Å². The van der Waals surface area contributed by atoms with Gasteiger partial charge in [0.05, 0.1) is 30.8 Å². The summed E-state index contributed by atoms with van der Waals surface area (Å²) in [4.78, 5) is 31.8. The number of esters is 1. The fraction of sp³-hybridized carbons (Fsp3) is 0.174. The standard InChI is InChI=1S/C23H20FN3O3S/c1-14-20(22(29)30-2)21(15-6-4-3-5-7-15)27-18(13-31-23(27)25-14)12-19(28)26-17-10-8-16(24)9-11-17/h3-11,13,21H,12H2,1-2H3,(H,26,28). The minimum atomic E-state index is -0.457. The maximum absolute atomic E-state index is 13.1. The van der Waals surface area contributed by atoms with Crippen LogP contribution in [0, 0.1) is 5.82 Å². The van der Waals surface area contributed by atoms with Crippen LogP contribution in [0.1, 0.15) is 24.9 Å². The molecule has 0 radical (unpaired) electrons. The SMILES string of the molecule is COC(=O)C1=C(C)N=C2SC=C(CC(=O)Nc3ccc(F)cc3)N2C1c1ccccc1. The first-order chi connectivity index (χ1) is 15.0. The maximum Gasteiger partial charge on any atom is 0.338 e. The van der Waals surface area contributed by atoms with Gasteiger partial charge < -0.3 is 15.0 Å². The van der Waals surface area contributed by atoms with E-state index in [1.807, 2.05) is 40.6 Å². The number of methoxy groups -OCH3 is 1. The smallest absolute Gasteiger partial charge is 0.338 e. The number of amides is 1. The number of thioether (sulfide) groups is 1. The van der Waals surface area contributed by atoms with Crippen LogP contribution in [0.4, 0.5) is 10.1 Å². The fourth-order valence-corrected chi connectivity index (χ4v) is 4.56. The van der Waals surface area contributed by atoms with Crippen molar-refractivity contribution in [3.63, 3.8) is 0 Å². The lowest BCUT2D eigenvalue weighted by Crippen LogP contribution is -2.37. The second-order valence-electron chi connectivity index (χ2n) is 7.03. The van der Waals surface area contributed by atoms with Gasteiger partial charge in [0.2, 0.25) is 5.91 Å². The molecule has 0 spiro atoms. The Labute approximate surface area is 183 Å². The minimum Gasteiger partial charge on any atom is -0.466 e. The number of amidine groups is 1. The van der Waals surface area contributed by atoms with Crippen molar-refractivity contribution in [3.8, 4) is 0 Å². The van der Waals surface area contributed by atoms with Crippen LogP contribution < -0.4 is 5.32 Å². The van der Waals surface area contributed by atoms with Gasteiger partial charge >= 0.3 is 5.97 Å². The Bertz CT molecular complexity index is 1110. The molecule has 1 amide bonds. The molecule has 1 unspecified atom stereocenters. The van der Waals surface area contributed by atoms with Crippen LogP contribution in [-0.4, -0.2) is 29.1 Å². The predicted molar refractivity (Wildman–Crippen MR) is 118 cm³/mol. The summed E-state index contributed by atoms with van der Waals surface area (Å²) in [5, 5.41) is 5.34. The van der Waals surface area contributed by atoms with E-state index < -0.39 is 12.0 Å². The zero-order valence-electron chi connectivity index (χ0n) is 17.0. The topological polar surface area (TPSA) is 71.0 Å². The third-order valence-corrected chi connectivity index (χ3v) is 5.88. The molecule has 2 aliphatic rings. The van der Waals surface area contributed by atoms with Gasteiger partial charge in [-0.1, -0.05) is 42.1 Å². The number of anilines is 1. The van der Waals surface area contributed by atoms with Gasteiger partial charge in [0.1, 0.15) is 5.82 Å². The number of allylic oxidation sites excluding steroid dienone is 1. The zero-order chi connectivity index (χ0) is 22.0. The highest BCUT2D eigenvalue weighted by Gasteiger charge is 2.40. The van der Waals surface area contributed by atoms with E-state index in [-0.39, 0.29) is 18.1 Å². The Kier molecular flexibility index (Phi) is 5.90. The summed E-state index contributed by atoms with van der Waals surface area (Å²) in [6, 6.07) is 14.7. The second-order valence-corrected chi connectivity index (χ2v) is 7.86. The number of carbonyl (C=O) groups excluding carboxylic acids is 2. The minimum absolute atomic E-state index is 0.0697. The predicted octanol–water partition coefficient (Wildman–Crippen LogP) is 4.60. The van der Waals surface area contributed by atoms with Crippen LogP contribution in [0.15, 0.2) is 82.0 Å². The zero-order valence-corrected chi connectivity index (χ0v) is 17.8. The molecule has 0 aromatic heterocycles. The number of ether oxygens (including phenoxy) is 1. The molecule has 2 aromatic rings. The number of nitrogens with zero attached hydrogens (tertiary/aromatic N) is 2. The van der Waals surface area contributed by atoms with Crippen molar-refractivity contribution in [2.75, 3.05) is 12.4 Å². The molecule has 2 aliphatic heterocycles. The van der Waals surface area contributed by atoms with E-state index in [0.717, 1.165) is 5.56 Å². The third-order valence-electron chi connectivity index (χ3n) is 4.99. The van der Waals surface area contributed by atoms with Crippen LogP contribution in [-0.2, 0) is 14.3 Å². The molecule has 0 bridgehead atoms. The van der Waals surface area contributed by atoms with Crippen molar-refractivity contribution >= 4 is 34.5 Å². The normalized spacial score (nSPS) is 17.6. The summed E-state index contributed by atoms with van der Waals surface area (Å²) in [7, 11) is 1.34. The van der Waals surface area contributed by atoms with Crippen molar-refractivity contribution in [1.82, 2.24) is 4.90 Å². The number of rotatable bonds is 5. The monoisotopic (exact) mass is 437 g/mol. The Morgan fingerprint density at radius 1 is 1.16 bits per heavy atom. The molecular weight excluding hydrogens is 417 g/mol. The molecule has 0 aliphatic carbocycles. The largest absolute Gasteiger partial charge is 0.466 e. The first-order valence-corrected chi connectivity index (χ1v) is 10.5. The molecule has 158 valence electrons. The van der Waals surface area contributed by atoms with Gasteiger partial charge in [-0.3, -0.25) is 4.79 Å². The highest BCUT2D eigenvalue weighted by atomic mass is 32.2. The summed E-state index contributed by atoms with van der Waals surface area (Å²) in [5.41, 5.74) is 3.14. The van der Waals surface area contributed by atoms with Crippen molar-refractivity contribution in [3.05, 3.63) is 88.4 Å². The van der Waals surface area contributed by atoms with E-state index in [1.165, 1.54) is 43.1 Å². The van der Waals surface area contributed by atoms with E-state index in [0.29, 0.717) is 27.8 Å². The summed E-state index contributed by atoms with van der Waals surface area (Å²) in [6.45, 7) is 1.78. The second kappa shape index (κ2) is 8.77. The van der Waals surface area contributed by atoms with E-state index in [4.69, 9.17) is 4.74 Å². The molecule has 2 heterocycles. The molecular formula is C23H20FN3O3S. The maximum atomic E-state index is 13.1. The van der Waals surface area contributed by atoms with Crippen LogP contribution in [0.25, 0.3) is 0 Å². The first kappa shape index (κ1) is 20.9. The van der Waals surface area contributed by atoms with Crippen LogP contribution >= 0.6 is 11.8 Å². The Balaban J connectivity index is 1.63. The summed E-state index contributed by atoms with van der Waals surface area (Å²) in [6.07, 6.45) is 0.0697. The fourth-order valence-electron chi connectivity index (χ4n) is 3.59. The average Bonchev–Trinajstić information content (AvgIpc) is 3.16. The molecule has 31 heavy (non-hydrogen) atoms. The van der Waals surface area contributed by atoms with Crippen molar-refractivity contribution in [2.45, 2.75) is 19.4 Å². The molecule has 2 aromatic carbocycles. The van der Waals surface area contributed by atoms with Gasteiger partial charge in [0, 0.05) is 11.4 Å². The van der Waals surface area contributed by atoms with Crippen molar-refractivity contribution in [2.24, 2.45) is 4.99 Å². The molecule has 0 saturated carbocycles. The van der Waals surface area contributed by atoms with E-state index in [2.05, 4.69) is 10.3 Å². The van der Waals surface area contributed by atoms with Crippen LogP contribution in [0.5, 0.6) is 0 Å². The third kappa shape index (κ3) is 4.25. The van der Waals surface area contributed by atoms with Crippen molar-refractivity contribution < 1.29 is 18.7 Å². The van der Waals surface area contributed by atoms with Gasteiger partial charge in [0.25, 0.3) is 0 Å². The number of carbonyl (C=O) groups is 2. The van der Waals surface area contributed by atoms with Gasteiger partial charge in [-0.25, -0.2) is 14.2 Å². The molecule has 6 nitrogen and oxygen atoms in total. The van der Waals surface area contributed by atoms with Crippen molar-refractivity contribution in [1.29, 1.82) is 0 Å². The summed E-state index contributed by atoms with van der Waals surface area (Å²) < 4.78 is 18.2. The highest BCUT2D eigenvalue weighted by Crippen LogP contribution is 2.44. The molecule has 8 heteroatoms. The number of hydrogen-bond donors (Lipinski definition) is 1. The average molecular weight is 437 g/mol. The number of fused-ring (bicyclic) bond motifs is 1. The Hall–Kier alpha value is -3.39. The Morgan fingerprint density at radius 3 is 2.55 bits per heavy atom. The lowest BCUT2D eigenvalue weighted by Gasteiger charge is -2.36. The lowest BCUT2D eigenvalue weighted by molar-refractivity contribution is -0.136. The van der Waals surface area contributed by atoms with Gasteiger partial charge in [-0.05, 0) is 42.2 Å². The molecule has 1 atom stereocenters. The van der Waals surface area contributed by atoms with Gasteiger partial charge in [-0.2, -0.15) is 0 Å². The van der Waals surface area contributed by atoms with E-state index >= 15 is 0 Å². The number of hydrogen-bond acceptors (Lipinski definition) is 6. The van der Waals surface area contributed by atoms with E-state index in [1.54, 1.807) is 6.92 Å². The number of halogens is 1. The summed E-state index contributed by atoms with van der Waals surface area (Å²) >= 11 is 1.41. The number of nitrogens with one attached hydrogen (secondary N) is 1. The number of aliphatic imine (C=N–C) groups is 1. The molecule has 4 rings (SSSR count). The van der Waals surface area contributed by atoms with Gasteiger partial charge in [0.15, 0.2) is 5.17 Å². The lowest BCUT2D eigenvalue weighted by atomic mass is 9.94. The quantitative estimate of drug-likeness (QED) is 0.692. The molecule has 1 N–H and O–H groups in total. The van der Waals surface area contributed by atoms with Crippen LogP contribution in [0.3, 0.4) is 0 Å². The highest BCUT2D eigenvalue weighted by molar-refractivity contribution is 8.16.